The third-order valence-electron chi connectivity index (χ3n) is 2.52. The lowest BCUT2D eigenvalue weighted by Gasteiger charge is -2.26. The van der Waals surface area contributed by atoms with E-state index in [1.54, 1.807) is 12.1 Å². The Balaban J connectivity index is 2.59. The quantitative estimate of drug-likeness (QED) is 0.874. The van der Waals surface area contributed by atoms with Crippen molar-refractivity contribution in [2.24, 2.45) is 0 Å². The lowest BCUT2D eigenvalue weighted by atomic mass is 9.84. The van der Waals surface area contributed by atoms with Gasteiger partial charge in [-0.15, -0.1) is 0 Å². The maximum atomic E-state index is 12.0. The van der Waals surface area contributed by atoms with Gasteiger partial charge < -0.3 is 5.32 Å². The maximum absolute atomic E-state index is 12.0. The van der Waals surface area contributed by atoms with E-state index in [2.05, 4.69) is 5.32 Å². The van der Waals surface area contributed by atoms with Crippen LogP contribution in [0, 0.1) is 0 Å². The van der Waals surface area contributed by atoms with E-state index in [-0.39, 0.29) is 12.0 Å². The molecule has 1 nitrogen and oxygen atoms in total. The van der Waals surface area contributed by atoms with Crippen LogP contribution >= 0.6 is 11.6 Å². The molecule has 1 N–H and O–H groups in total. The second-order valence-corrected chi connectivity index (χ2v) is 5.05. The van der Waals surface area contributed by atoms with Crippen molar-refractivity contribution >= 4 is 11.6 Å². The highest BCUT2D eigenvalue weighted by Gasteiger charge is 2.28. The fraction of sp³-hybridized carbons (Fsp3) is 0.500. The lowest BCUT2D eigenvalue weighted by Crippen LogP contribution is -2.38. The molecule has 0 aliphatic carbocycles. The molecule has 1 aromatic rings. The van der Waals surface area contributed by atoms with Gasteiger partial charge in [-0.3, -0.25) is 0 Å². The smallest absolute Gasteiger partial charge is 0.308 e. The van der Waals surface area contributed by atoms with Gasteiger partial charge in [-0.2, -0.15) is 13.2 Å². The minimum absolute atomic E-state index is 0.258. The Morgan fingerprint density at radius 3 is 2.06 bits per heavy atom. The molecular weight excluding hydrogens is 251 g/mol. The van der Waals surface area contributed by atoms with E-state index in [0.717, 1.165) is 5.56 Å². The average molecular weight is 266 g/mol. The lowest BCUT2D eigenvalue weighted by molar-refractivity contribution is -0.125. The van der Waals surface area contributed by atoms with Crippen molar-refractivity contribution in [3.8, 4) is 0 Å². The largest absolute Gasteiger partial charge is 0.401 e. The molecule has 1 rings (SSSR count). The van der Waals surface area contributed by atoms with Crippen LogP contribution in [0.5, 0.6) is 0 Å². The number of benzene rings is 1. The Hall–Kier alpha value is -0.740. The second-order valence-electron chi connectivity index (χ2n) is 4.61. The van der Waals surface area contributed by atoms with E-state index >= 15 is 0 Å². The van der Waals surface area contributed by atoms with Crippen LogP contribution in [-0.4, -0.2) is 19.3 Å². The molecular formula is C12H15ClF3N. The maximum Gasteiger partial charge on any atom is 0.401 e. The Labute approximate surface area is 104 Å². The summed E-state index contributed by atoms with van der Waals surface area (Å²) < 4.78 is 36.0. The van der Waals surface area contributed by atoms with Crippen molar-refractivity contribution in [1.82, 2.24) is 5.32 Å². The molecule has 0 radical (unpaired) electrons. The van der Waals surface area contributed by atoms with Gasteiger partial charge in [0, 0.05) is 17.0 Å². The number of nitrogens with one attached hydrogen (secondary N) is 1. The molecule has 0 saturated carbocycles. The van der Waals surface area contributed by atoms with Crippen LogP contribution < -0.4 is 5.32 Å². The summed E-state index contributed by atoms with van der Waals surface area (Å²) in [6.45, 7) is 3.07. The molecule has 0 aliphatic heterocycles. The van der Waals surface area contributed by atoms with E-state index in [0.29, 0.717) is 5.02 Å². The van der Waals surface area contributed by atoms with Crippen LogP contribution in [0.4, 0.5) is 13.2 Å². The predicted molar refractivity (Wildman–Crippen MR) is 63.4 cm³/mol. The minimum atomic E-state index is -4.17. The van der Waals surface area contributed by atoms with Gasteiger partial charge in [0.1, 0.15) is 0 Å². The molecule has 0 unspecified atom stereocenters. The molecule has 17 heavy (non-hydrogen) atoms. The van der Waals surface area contributed by atoms with E-state index in [4.69, 9.17) is 11.6 Å². The molecule has 0 aromatic heterocycles. The van der Waals surface area contributed by atoms with Gasteiger partial charge in [0.05, 0.1) is 6.54 Å². The first-order valence-corrected chi connectivity index (χ1v) is 5.62. The van der Waals surface area contributed by atoms with Crippen molar-refractivity contribution in [2.45, 2.75) is 25.4 Å². The van der Waals surface area contributed by atoms with Crippen LogP contribution in [-0.2, 0) is 5.41 Å². The van der Waals surface area contributed by atoms with Crippen molar-refractivity contribution in [2.75, 3.05) is 13.1 Å². The minimum Gasteiger partial charge on any atom is -0.308 e. The van der Waals surface area contributed by atoms with Crippen LogP contribution in [0.15, 0.2) is 24.3 Å². The molecule has 0 bridgehead atoms. The van der Waals surface area contributed by atoms with Gasteiger partial charge in [0.15, 0.2) is 0 Å². The van der Waals surface area contributed by atoms with Gasteiger partial charge in [-0.1, -0.05) is 37.6 Å². The Kier molecular flexibility index (Phi) is 4.44. The second kappa shape index (κ2) is 5.27. The molecule has 0 amide bonds. The number of hydrogen-bond donors (Lipinski definition) is 1. The predicted octanol–water partition coefficient (Wildman–Crippen LogP) is 3.77. The van der Waals surface area contributed by atoms with E-state index in [9.17, 15) is 13.2 Å². The highest BCUT2D eigenvalue weighted by molar-refractivity contribution is 6.30. The molecule has 1 aromatic carbocycles. The molecule has 0 spiro atoms. The number of hydrogen-bond acceptors (Lipinski definition) is 1. The van der Waals surface area contributed by atoms with Gasteiger partial charge in [-0.25, -0.2) is 0 Å². The third-order valence-corrected chi connectivity index (χ3v) is 2.77. The van der Waals surface area contributed by atoms with Crippen molar-refractivity contribution < 1.29 is 13.2 Å². The van der Waals surface area contributed by atoms with E-state index < -0.39 is 12.7 Å². The van der Waals surface area contributed by atoms with Crippen LogP contribution in [0.25, 0.3) is 0 Å². The zero-order valence-corrected chi connectivity index (χ0v) is 10.5. The summed E-state index contributed by atoms with van der Waals surface area (Å²) in [7, 11) is 0. The topological polar surface area (TPSA) is 12.0 Å². The molecule has 0 heterocycles. The highest BCUT2D eigenvalue weighted by Crippen LogP contribution is 2.24. The fourth-order valence-corrected chi connectivity index (χ4v) is 1.65. The summed E-state index contributed by atoms with van der Waals surface area (Å²) in [5.41, 5.74) is 0.590. The molecule has 96 valence electrons. The first kappa shape index (κ1) is 14.3. The van der Waals surface area contributed by atoms with Gasteiger partial charge in [0.25, 0.3) is 0 Å². The Morgan fingerprint density at radius 2 is 1.59 bits per heavy atom. The first-order chi connectivity index (χ1) is 7.71. The van der Waals surface area contributed by atoms with Gasteiger partial charge >= 0.3 is 6.18 Å². The van der Waals surface area contributed by atoms with Crippen molar-refractivity contribution in [1.29, 1.82) is 0 Å². The zero-order chi connectivity index (χ0) is 13.1. The van der Waals surface area contributed by atoms with Crippen molar-refractivity contribution in [3.05, 3.63) is 34.9 Å². The average Bonchev–Trinajstić information content (AvgIpc) is 2.15. The van der Waals surface area contributed by atoms with Crippen LogP contribution in [0.2, 0.25) is 5.02 Å². The SMILES string of the molecule is CC(C)(CNCC(F)(F)F)c1ccc(Cl)cc1. The summed E-state index contributed by atoms with van der Waals surface area (Å²) in [6.07, 6.45) is -4.17. The molecule has 0 fully saturated rings. The van der Waals surface area contributed by atoms with Crippen molar-refractivity contribution in [3.63, 3.8) is 0 Å². The highest BCUT2D eigenvalue weighted by atomic mass is 35.5. The van der Waals surface area contributed by atoms with E-state index in [1.165, 1.54) is 0 Å². The first-order valence-electron chi connectivity index (χ1n) is 5.24. The summed E-state index contributed by atoms with van der Waals surface area (Å²) in [4.78, 5) is 0. The Morgan fingerprint density at radius 1 is 1.06 bits per heavy atom. The number of alkyl halides is 3. The Bertz CT molecular complexity index is 357. The van der Waals surface area contributed by atoms with Crippen LogP contribution in [0.1, 0.15) is 19.4 Å². The fourth-order valence-electron chi connectivity index (χ4n) is 1.52. The third kappa shape index (κ3) is 4.96. The van der Waals surface area contributed by atoms with Gasteiger partial charge in [0.2, 0.25) is 0 Å². The summed E-state index contributed by atoms with van der Waals surface area (Å²) in [6, 6.07) is 7.14. The number of halogens is 4. The normalized spacial score (nSPS) is 12.8. The molecule has 0 saturated heterocycles. The standard InChI is InChI=1S/C12H15ClF3N/c1-11(2,7-17-8-12(14,15)16)9-3-5-10(13)6-4-9/h3-6,17H,7-8H2,1-2H3. The molecule has 5 heteroatoms. The molecule has 0 aliphatic rings. The summed E-state index contributed by atoms with van der Waals surface area (Å²) >= 11 is 5.76. The monoisotopic (exact) mass is 265 g/mol. The number of rotatable bonds is 4. The van der Waals surface area contributed by atoms with Crippen LogP contribution in [0.3, 0.4) is 0 Å². The van der Waals surface area contributed by atoms with Gasteiger partial charge in [-0.05, 0) is 17.7 Å². The summed E-state index contributed by atoms with van der Waals surface area (Å²) in [5, 5.41) is 3.04. The zero-order valence-electron chi connectivity index (χ0n) is 9.74. The molecule has 0 atom stereocenters. The summed E-state index contributed by atoms with van der Waals surface area (Å²) in [5.74, 6) is 0. The van der Waals surface area contributed by atoms with E-state index in [1.807, 2.05) is 26.0 Å².